The maximum absolute atomic E-state index is 6.01. The van der Waals surface area contributed by atoms with Crippen molar-refractivity contribution in [3.63, 3.8) is 0 Å². The van der Waals surface area contributed by atoms with E-state index in [1.54, 1.807) is 0 Å². The second-order valence-electron chi connectivity index (χ2n) is 4.69. The van der Waals surface area contributed by atoms with Crippen molar-refractivity contribution in [2.45, 2.75) is 40.5 Å². The zero-order valence-corrected chi connectivity index (χ0v) is 11.8. The minimum atomic E-state index is 0.441. The summed E-state index contributed by atoms with van der Waals surface area (Å²) in [7, 11) is 0. The van der Waals surface area contributed by atoms with Gasteiger partial charge in [-0.2, -0.15) is 4.98 Å². The van der Waals surface area contributed by atoms with Crippen LogP contribution in [0.2, 0.25) is 0 Å². The molecule has 1 rings (SSSR count). The molecule has 18 heavy (non-hydrogen) atoms. The van der Waals surface area contributed by atoms with E-state index in [0.29, 0.717) is 29.9 Å². The lowest BCUT2D eigenvalue weighted by Crippen LogP contribution is -2.13. The number of hydrogen-bond acceptors (Lipinski definition) is 5. The third-order valence-electron chi connectivity index (χ3n) is 2.33. The van der Waals surface area contributed by atoms with Gasteiger partial charge in [-0.3, -0.25) is 0 Å². The van der Waals surface area contributed by atoms with Crippen LogP contribution in [0.3, 0.4) is 0 Å². The molecule has 5 nitrogen and oxygen atoms in total. The van der Waals surface area contributed by atoms with Gasteiger partial charge in [-0.1, -0.05) is 20.8 Å². The van der Waals surface area contributed by atoms with Crippen molar-refractivity contribution in [3.05, 3.63) is 5.82 Å². The third-order valence-corrected chi connectivity index (χ3v) is 2.33. The Bertz CT molecular complexity index is 379. The molecule has 0 spiro atoms. The van der Waals surface area contributed by atoms with Crippen LogP contribution >= 0.6 is 0 Å². The summed E-state index contributed by atoms with van der Waals surface area (Å²) in [4.78, 5) is 8.79. The van der Waals surface area contributed by atoms with E-state index in [2.05, 4.69) is 36.1 Å². The Labute approximate surface area is 109 Å². The van der Waals surface area contributed by atoms with Crippen molar-refractivity contribution in [1.82, 2.24) is 9.97 Å². The van der Waals surface area contributed by atoms with Crippen LogP contribution in [0.15, 0.2) is 0 Å². The zero-order valence-electron chi connectivity index (χ0n) is 11.8. The smallest absolute Gasteiger partial charge is 0.242 e. The Morgan fingerprint density at radius 2 is 2.00 bits per heavy atom. The van der Waals surface area contributed by atoms with Crippen LogP contribution in [0, 0.1) is 5.92 Å². The fraction of sp³-hybridized carbons (Fsp3) is 0.692. The number of nitrogen functional groups attached to an aromatic ring is 1. The van der Waals surface area contributed by atoms with Gasteiger partial charge in [0, 0.05) is 13.0 Å². The fourth-order valence-electron chi connectivity index (χ4n) is 1.49. The first-order valence-corrected chi connectivity index (χ1v) is 6.61. The predicted octanol–water partition coefficient (Wildman–Crippen LogP) is 2.48. The molecule has 0 amide bonds. The van der Waals surface area contributed by atoms with Crippen molar-refractivity contribution in [1.29, 1.82) is 0 Å². The number of nitrogens with two attached hydrogens (primary N) is 1. The van der Waals surface area contributed by atoms with Gasteiger partial charge < -0.3 is 15.8 Å². The molecule has 0 fully saturated rings. The molecule has 0 aliphatic rings. The van der Waals surface area contributed by atoms with E-state index in [9.17, 15) is 0 Å². The van der Waals surface area contributed by atoms with Crippen molar-refractivity contribution < 1.29 is 4.74 Å². The van der Waals surface area contributed by atoms with E-state index in [4.69, 9.17) is 10.5 Å². The fourth-order valence-corrected chi connectivity index (χ4v) is 1.49. The average molecular weight is 252 g/mol. The van der Waals surface area contributed by atoms with Crippen LogP contribution in [-0.2, 0) is 6.42 Å². The monoisotopic (exact) mass is 252 g/mol. The van der Waals surface area contributed by atoms with Gasteiger partial charge in [-0.05, 0) is 19.3 Å². The van der Waals surface area contributed by atoms with Crippen LogP contribution in [0.25, 0.3) is 0 Å². The summed E-state index contributed by atoms with van der Waals surface area (Å²) in [5.74, 6) is 2.39. The summed E-state index contributed by atoms with van der Waals surface area (Å²) >= 11 is 0. The van der Waals surface area contributed by atoms with Crippen LogP contribution in [0.5, 0.6) is 5.88 Å². The second-order valence-corrected chi connectivity index (χ2v) is 4.69. The van der Waals surface area contributed by atoms with E-state index >= 15 is 0 Å². The van der Waals surface area contributed by atoms with E-state index < -0.39 is 0 Å². The summed E-state index contributed by atoms with van der Waals surface area (Å²) in [6, 6.07) is 0. The summed E-state index contributed by atoms with van der Waals surface area (Å²) in [6.45, 7) is 9.68. The number of aromatic nitrogens is 2. The average Bonchev–Trinajstić information content (AvgIpc) is 2.32. The molecule has 0 aromatic carbocycles. The van der Waals surface area contributed by atoms with Gasteiger partial charge in [0.25, 0.3) is 0 Å². The Kier molecular flexibility index (Phi) is 5.68. The van der Waals surface area contributed by atoms with E-state index in [0.717, 1.165) is 25.2 Å². The standard InChI is InChI=1S/C13H24N4O/c1-5-7-10-16-12(15-6-2)11(14)13(17-10)18-8-9(3)4/h9H,5-8,14H2,1-4H3,(H,15,16,17). The highest BCUT2D eigenvalue weighted by Gasteiger charge is 2.12. The first-order chi connectivity index (χ1) is 8.58. The summed E-state index contributed by atoms with van der Waals surface area (Å²) < 4.78 is 5.66. The highest BCUT2D eigenvalue weighted by molar-refractivity contribution is 5.66. The van der Waals surface area contributed by atoms with Crippen molar-refractivity contribution in [2.75, 3.05) is 24.2 Å². The molecule has 0 unspecified atom stereocenters. The molecule has 0 bridgehead atoms. The van der Waals surface area contributed by atoms with Crippen LogP contribution in [0.4, 0.5) is 11.5 Å². The van der Waals surface area contributed by atoms with Gasteiger partial charge in [0.15, 0.2) is 5.82 Å². The molecule has 0 saturated carbocycles. The zero-order chi connectivity index (χ0) is 13.5. The Hall–Kier alpha value is -1.52. The summed E-state index contributed by atoms with van der Waals surface area (Å²) in [5.41, 5.74) is 6.51. The topological polar surface area (TPSA) is 73.1 Å². The Morgan fingerprint density at radius 3 is 2.56 bits per heavy atom. The minimum absolute atomic E-state index is 0.441. The minimum Gasteiger partial charge on any atom is -0.476 e. The Balaban J connectivity index is 2.97. The largest absolute Gasteiger partial charge is 0.476 e. The van der Waals surface area contributed by atoms with Gasteiger partial charge >= 0.3 is 0 Å². The molecule has 102 valence electrons. The van der Waals surface area contributed by atoms with Crippen molar-refractivity contribution in [2.24, 2.45) is 5.92 Å². The predicted molar refractivity (Wildman–Crippen MR) is 74.9 cm³/mol. The Morgan fingerprint density at radius 1 is 1.28 bits per heavy atom. The second kappa shape index (κ2) is 7.03. The van der Waals surface area contributed by atoms with Gasteiger partial charge in [0.05, 0.1) is 6.61 Å². The first kappa shape index (κ1) is 14.5. The lowest BCUT2D eigenvalue weighted by Gasteiger charge is -2.14. The lowest BCUT2D eigenvalue weighted by molar-refractivity contribution is 0.262. The molecule has 5 heteroatoms. The lowest BCUT2D eigenvalue weighted by atomic mass is 10.2. The van der Waals surface area contributed by atoms with E-state index in [1.807, 2.05) is 6.92 Å². The molecular formula is C13H24N4O. The molecule has 3 N–H and O–H groups in total. The quantitative estimate of drug-likeness (QED) is 0.780. The first-order valence-electron chi connectivity index (χ1n) is 6.61. The number of rotatable bonds is 7. The third kappa shape index (κ3) is 4.05. The number of anilines is 2. The number of nitrogens with one attached hydrogen (secondary N) is 1. The van der Waals surface area contributed by atoms with Crippen LogP contribution in [0.1, 0.15) is 39.9 Å². The molecule has 0 atom stereocenters. The molecule has 1 aromatic rings. The molecule has 0 aliphatic carbocycles. The molecule has 1 aromatic heterocycles. The highest BCUT2D eigenvalue weighted by Crippen LogP contribution is 2.26. The van der Waals surface area contributed by atoms with Crippen molar-refractivity contribution >= 4 is 11.5 Å². The van der Waals surface area contributed by atoms with Gasteiger partial charge in [-0.25, -0.2) is 4.98 Å². The number of nitrogens with zero attached hydrogens (tertiary/aromatic N) is 2. The van der Waals surface area contributed by atoms with E-state index in [1.165, 1.54) is 0 Å². The van der Waals surface area contributed by atoms with E-state index in [-0.39, 0.29) is 0 Å². The molecular weight excluding hydrogens is 228 g/mol. The van der Waals surface area contributed by atoms with Gasteiger partial charge in [0.1, 0.15) is 11.5 Å². The summed E-state index contributed by atoms with van der Waals surface area (Å²) in [5, 5.41) is 3.15. The maximum Gasteiger partial charge on any atom is 0.242 e. The number of ether oxygens (including phenoxy) is 1. The SMILES string of the molecule is CCCc1nc(NCC)c(N)c(OCC(C)C)n1. The number of hydrogen-bond donors (Lipinski definition) is 2. The maximum atomic E-state index is 6.01. The summed E-state index contributed by atoms with van der Waals surface area (Å²) in [6.07, 6.45) is 1.83. The van der Waals surface area contributed by atoms with Gasteiger partial charge in [-0.15, -0.1) is 0 Å². The molecule has 0 saturated heterocycles. The van der Waals surface area contributed by atoms with Gasteiger partial charge in [0.2, 0.25) is 5.88 Å². The highest BCUT2D eigenvalue weighted by atomic mass is 16.5. The van der Waals surface area contributed by atoms with Crippen molar-refractivity contribution in [3.8, 4) is 5.88 Å². The number of aryl methyl sites for hydroxylation is 1. The molecule has 0 radical (unpaired) electrons. The van der Waals surface area contributed by atoms with Crippen LogP contribution < -0.4 is 15.8 Å². The molecule has 1 heterocycles. The normalized spacial score (nSPS) is 10.7. The van der Waals surface area contributed by atoms with Crippen LogP contribution in [-0.4, -0.2) is 23.1 Å². The molecule has 0 aliphatic heterocycles.